The highest BCUT2D eigenvalue weighted by molar-refractivity contribution is 7.13. The summed E-state index contributed by atoms with van der Waals surface area (Å²) in [6.45, 7) is 4.38. The Hall–Kier alpha value is -3.12. The number of aliphatic hydroxyl groups excluding tert-OH is 1. The lowest BCUT2D eigenvalue weighted by atomic mass is 10.1. The number of hydrogen-bond acceptors (Lipinski definition) is 5. The summed E-state index contributed by atoms with van der Waals surface area (Å²) in [5.41, 5.74) is 5.66. The largest absolute Gasteiger partial charge is 0.510 e. The predicted molar refractivity (Wildman–Crippen MR) is 122 cm³/mol. The minimum Gasteiger partial charge on any atom is -0.510 e. The molecule has 0 saturated carbocycles. The third-order valence-electron chi connectivity index (χ3n) is 5.12. The SMILES string of the molecule is Cc1ccc(-c2nc(C3=C(O)CN(c4ccc(N(C)C)cc4)C3=N)sc2C)cc1. The molecule has 0 amide bonds. The molecule has 0 fully saturated rings. The number of aryl methyl sites for hydroxylation is 2. The molecule has 0 saturated heterocycles. The lowest BCUT2D eigenvalue weighted by Gasteiger charge is -2.20. The van der Waals surface area contributed by atoms with Gasteiger partial charge in [-0.05, 0) is 38.1 Å². The summed E-state index contributed by atoms with van der Waals surface area (Å²) in [7, 11) is 3.99. The van der Waals surface area contributed by atoms with Crippen LogP contribution in [0.1, 0.15) is 15.4 Å². The van der Waals surface area contributed by atoms with Crippen molar-refractivity contribution in [2.75, 3.05) is 30.4 Å². The van der Waals surface area contributed by atoms with Crippen molar-refractivity contribution in [1.29, 1.82) is 5.41 Å². The Bertz CT molecular complexity index is 1090. The number of aliphatic hydroxyl groups is 1. The van der Waals surface area contributed by atoms with E-state index in [0.29, 0.717) is 10.6 Å². The number of nitrogens with zero attached hydrogens (tertiary/aromatic N) is 3. The minimum atomic E-state index is 0.191. The fourth-order valence-corrected chi connectivity index (χ4v) is 4.44. The molecule has 1 aromatic heterocycles. The Morgan fingerprint density at radius 3 is 2.31 bits per heavy atom. The molecule has 0 radical (unpaired) electrons. The van der Waals surface area contributed by atoms with Crippen molar-refractivity contribution in [3.05, 3.63) is 69.7 Å². The highest BCUT2D eigenvalue weighted by Gasteiger charge is 2.31. The van der Waals surface area contributed by atoms with Crippen molar-refractivity contribution in [1.82, 2.24) is 4.98 Å². The summed E-state index contributed by atoms with van der Waals surface area (Å²) >= 11 is 1.52. The fourth-order valence-electron chi connectivity index (χ4n) is 3.44. The molecule has 4 rings (SSSR count). The second-order valence-electron chi connectivity index (χ2n) is 7.46. The molecular weight excluding hydrogens is 380 g/mol. The van der Waals surface area contributed by atoms with Crippen LogP contribution in [0.15, 0.2) is 54.3 Å². The summed E-state index contributed by atoms with van der Waals surface area (Å²) in [5.74, 6) is 0.472. The molecule has 2 N–H and O–H groups in total. The molecule has 0 bridgehead atoms. The Labute approximate surface area is 175 Å². The van der Waals surface area contributed by atoms with E-state index in [1.807, 2.05) is 55.1 Å². The van der Waals surface area contributed by atoms with Crippen LogP contribution in [0.2, 0.25) is 0 Å². The van der Waals surface area contributed by atoms with Crippen LogP contribution in [0.5, 0.6) is 0 Å². The zero-order valence-electron chi connectivity index (χ0n) is 17.0. The number of nitrogens with one attached hydrogen (secondary N) is 1. The summed E-state index contributed by atoms with van der Waals surface area (Å²) in [4.78, 5) is 9.70. The van der Waals surface area contributed by atoms with Crippen LogP contribution >= 0.6 is 11.3 Å². The van der Waals surface area contributed by atoms with E-state index in [-0.39, 0.29) is 18.1 Å². The molecule has 29 heavy (non-hydrogen) atoms. The van der Waals surface area contributed by atoms with E-state index in [0.717, 1.165) is 27.5 Å². The highest BCUT2D eigenvalue weighted by Crippen LogP contribution is 2.37. The van der Waals surface area contributed by atoms with Crippen LogP contribution in [0.3, 0.4) is 0 Å². The van der Waals surface area contributed by atoms with Gasteiger partial charge in [-0.15, -0.1) is 11.3 Å². The molecule has 6 heteroatoms. The minimum absolute atomic E-state index is 0.191. The molecule has 0 unspecified atom stereocenters. The molecule has 0 atom stereocenters. The Kier molecular flexibility index (Phi) is 4.88. The molecule has 0 aliphatic carbocycles. The second kappa shape index (κ2) is 7.37. The number of anilines is 2. The fraction of sp³-hybridized carbons (Fsp3) is 0.217. The number of hydrogen-bond donors (Lipinski definition) is 2. The maximum Gasteiger partial charge on any atom is 0.139 e. The van der Waals surface area contributed by atoms with Crippen LogP contribution in [0, 0.1) is 19.3 Å². The summed E-state index contributed by atoms with van der Waals surface area (Å²) in [6, 6.07) is 16.3. The summed E-state index contributed by atoms with van der Waals surface area (Å²) in [5, 5.41) is 20.0. The number of benzene rings is 2. The van der Waals surface area contributed by atoms with Gasteiger partial charge in [-0.25, -0.2) is 4.98 Å². The molecule has 2 aromatic carbocycles. The Morgan fingerprint density at radius 1 is 1.03 bits per heavy atom. The van der Waals surface area contributed by atoms with Gasteiger partial charge in [0.2, 0.25) is 0 Å². The van der Waals surface area contributed by atoms with Gasteiger partial charge in [0.1, 0.15) is 16.6 Å². The van der Waals surface area contributed by atoms with Crippen molar-refractivity contribution >= 4 is 34.1 Å². The van der Waals surface area contributed by atoms with Gasteiger partial charge in [-0.2, -0.15) is 0 Å². The van der Waals surface area contributed by atoms with Gasteiger partial charge >= 0.3 is 0 Å². The monoisotopic (exact) mass is 404 g/mol. The van der Waals surface area contributed by atoms with E-state index < -0.39 is 0 Å². The first-order valence-electron chi connectivity index (χ1n) is 9.46. The lowest BCUT2D eigenvalue weighted by molar-refractivity contribution is 0.411. The van der Waals surface area contributed by atoms with Gasteiger partial charge in [0.25, 0.3) is 0 Å². The third kappa shape index (κ3) is 3.51. The zero-order chi connectivity index (χ0) is 20.7. The number of rotatable bonds is 4. The average molecular weight is 405 g/mol. The first-order valence-corrected chi connectivity index (χ1v) is 10.3. The van der Waals surface area contributed by atoms with Crippen molar-refractivity contribution < 1.29 is 5.11 Å². The van der Waals surface area contributed by atoms with Gasteiger partial charge < -0.3 is 14.9 Å². The van der Waals surface area contributed by atoms with Crippen molar-refractivity contribution in [2.45, 2.75) is 13.8 Å². The average Bonchev–Trinajstić information content (AvgIpc) is 3.21. The topological polar surface area (TPSA) is 63.5 Å². The molecule has 1 aliphatic rings. The van der Waals surface area contributed by atoms with E-state index >= 15 is 0 Å². The van der Waals surface area contributed by atoms with Crippen LogP contribution in [0.25, 0.3) is 16.8 Å². The molecule has 2 heterocycles. The van der Waals surface area contributed by atoms with E-state index in [4.69, 9.17) is 10.4 Å². The Balaban J connectivity index is 1.64. The Morgan fingerprint density at radius 2 is 1.69 bits per heavy atom. The van der Waals surface area contributed by atoms with E-state index in [9.17, 15) is 5.11 Å². The molecule has 3 aromatic rings. The van der Waals surface area contributed by atoms with E-state index in [1.54, 1.807) is 0 Å². The number of thiazole rings is 1. The van der Waals surface area contributed by atoms with Crippen LogP contribution in [-0.4, -0.2) is 36.6 Å². The first kappa shape index (κ1) is 19.2. The molecular formula is C23H24N4OS. The van der Waals surface area contributed by atoms with Crippen LogP contribution < -0.4 is 9.80 Å². The van der Waals surface area contributed by atoms with Crippen molar-refractivity contribution in [3.63, 3.8) is 0 Å². The molecule has 148 valence electrons. The molecule has 0 spiro atoms. The van der Waals surface area contributed by atoms with Gasteiger partial charge in [0, 0.05) is 35.9 Å². The van der Waals surface area contributed by atoms with Crippen LogP contribution in [-0.2, 0) is 0 Å². The predicted octanol–water partition coefficient (Wildman–Crippen LogP) is 5.26. The maximum atomic E-state index is 10.7. The third-order valence-corrected chi connectivity index (χ3v) is 6.10. The van der Waals surface area contributed by atoms with E-state index in [1.165, 1.54) is 16.9 Å². The highest BCUT2D eigenvalue weighted by atomic mass is 32.1. The van der Waals surface area contributed by atoms with Crippen molar-refractivity contribution in [3.8, 4) is 11.3 Å². The van der Waals surface area contributed by atoms with Crippen LogP contribution in [0.4, 0.5) is 11.4 Å². The molecule has 1 aliphatic heterocycles. The normalized spacial score (nSPS) is 14.1. The zero-order valence-corrected chi connectivity index (χ0v) is 17.8. The first-order chi connectivity index (χ1) is 13.8. The van der Waals surface area contributed by atoms with Gasteiger partial charge in [-0.3, -0.25) is 5.41 Å². The summed E-state index contributed by atoms with van der Waals surface area (Å²) < 4.78 is 0. The van der Waals surface area contributed by atoms with Crippen molar-refractivity contribution in [2.24, 2.45) is 0 Å². The van der Waals surface area contributed by atoms with Gasteiger partial charge in [0.05, 0.1) is 17.8 Å². The number of aromatic nitrogens is 1. The smallest absolute Gasteiger partial charge is 0.139 e. The van der Waals surface area contributed by atoms with Gasteiger partial charge in [0.15, 0.2) is 0 Å². The van der Waals surface area contributed by atoms with Gasteiger partial charge in [-0.1, -0.05) is 29.8 Å². The standard InChI is InChI=1S/C23H24N4OS/c1-14-5-7-16(8-6-14)21-15(2)29-23(25-21)20-19(28)13-27(22(20)24)18-11-9-17(10-12-18)26(3)4/h5-12,24,28H,13H2,1-4H3. The molecule has 5 nitrogen and oxygen atoms in total. The lowest BCUT2D eigenvalue weighted by Crippen LogP contribution is -2.26. The second-order valence-corrected chi connectivity index (χ2v) is 8.66. The number of amidine groups is 1. The van der Waals surface area contributed by atoms with E-state index in [2.05, 4.69) is 31.2 Å². The maximum absolute atomic E-state index is 10.7. The quantitative estimate of drug-likeness (QED) is 0.623. The summed E-state index contributed by atoms with van der Waals surface area (Å²) in [6.07, 6.45) is 0.